The zero-order valence-electron chi connectivity index (χ0n) is 15.2. The molecule has 0 rings (SSSR count). The maximum absolute atomic E-state index is 9.01. The van der Waals surface area contributed by atoms with Crippen LogP contribution < -0.4 is 0 Å². The molecule has 144 valence electrons. The molecular formula is C18H36O6. The molecule has 1 unspecified atom stereocenters. The minimum absolute atomic E-state index is 0.390. The summed E-state index contributed by atoms with van der Waals surface area (Å²) < 4.78 is 27.0. The van der Waals surface area contributed by atoms with Gasteiger partial charge < -0.3 is 28.8 Å². The van der Waals surface area contributed by atoms with Crippen LogP contribution in [0.25, 0.3) is 0 Å². The first-order chi connectivity index (χ1) is 11.8. The summed E-state index contributed by atoms with van der Waals surface area (Å²) in [7, 11) is 0. The van der Waals surface area contributed by atoms with E-state index in [0.717, 1.165) is 52.1 Å². The molecule has 0 fully saturated rings. The summed E-state index contributed by atoms with van der Waals surface area (Å²) in [5.74, 6) is 0. The lowest BCUT2D eigenvalue weighted by atomic mass is 10.4. The Kier molecular flexibility index (Phi) is 20.1. The van der Waals surface area contributed by atoms with Crippen molar-refractivity contribution in [3.05, 3.63) is 12.7 Å². The lowest BCUT2D eigenvalue weighted by Crippen LogP contribution is -2.12. The smallest absolute Gasteiger partial charge is 0.0745 e. The highest BCUT2D eigenvalue weighted by atomic mass is 16.5. The second-order valence-corrected chi connectivity index (χ2v) is 5.54. The lowest BCUT2D eigenvalue weighted by Gasteiger charge is -2.08. The van der Waals surface area contributed by atoms with Crippen molar-refractivity contribution >= 4 is 0 Å². The van der Waals surface area contributed by atoms with Crippen molar-refractivity contribution in [2.24, 2.45) is 0 Å². The third kappa shape index (κ3) is 21.5. The van der Waals surface area contributed by atoms with E-state index in [1.54, 1.807) is 13.0 Å². The Morgan fingerprint density at radius 1 is 0.708 bits per heavy atom. The molecule has 6 nitrogen and oxygen atoms in total. The first kappa shape index (κ1) is 23.5. The zero-order chi connectivity index (χ0) is 17.7. The fourth-order valence-electron chi connectivity index (χ4n) is 1.78. The average molecular weight is 348 g/mol. The predicted octanol–water partition coefficient (Wildman–Crippen LogP) is 2.20. The SMILES string of the molecule is C=CCOCCCOCCCOCCCOCCCOCC(C)O. The predicted molar refractivity (Wildman–Crippen MR) is 94.4 cm³/mol. The van der Waals surface area contributed by atoms with Crippen molar-refractivity contribution in [1.29, 1.82) is 0 Å². The van der Waals surface area contributed by atoms with Crippen LogP contribution in [0.15, 0.2) is 12.7 Å². The number of ether oxygens (including phenoxy) is 5. The van der Waals surface area contributed by atoms with Gasteiger partial charge in [-0.05, 0) is 32.6 Å². The Bertz CT molecular complexity index is 248. The molecule has 0 saturated heterocycles. The van der Waals surface area contributed by atoms with Crippen molar-refractivity contribution in [3.63, 3.8) is 0 Å². The second kappa shape index (κ2) is 20.5. The number of rotatable bonds is 20. The van der Waals surface area contributed by atoms with Gasteiger partial charge in [0, 0.05) is 52.9 Å². The van der Waals surface area contributed by atoms with Crippen LogP contribution in [0.2, 0.25) is 0 Å². The minimum Gasteiger partial charge on any atom is -0.391 e. The highest BCUT2D eigenvalue weighted by Gasteiger charge is 1.96. The van der Waals surface area contributed by atoms with E-state index in [1.165, 1.54) is 0 Å². The summed E-state index contributed by atoms with van der Waals surface area (Å²) in [6.45, 7) is 11.9. The molecule has 0 aromatic carbocycles. The zero-order valence-corrected chi connectivity index (χ0v) is 15.2. The minimum atomic E-state index is -0.398. The Morgan fingerprint density at radius 3 is 1.46 bits per heavy atom. The van der Waals surface area contributed by atoms with Gasteiger partial charge in [0.15, 0.2) is 0 Å². The molecular weight excluding hydrogens is 312 g/mol. The van der Waals surface area contributed by atoms with E-state index < -0.39 is 6.10 Å². The fourth-order valence-corrected chi connectivity index (χ4v) is 1.78. The van der Waals surface area contributed by atoms with Crippen LogP contribution in [-0.2, 0) is 23.7 Å². The first-order valence-corrected chi connectivity index (χ1v) is 8.95. The number of hydrogen-bond donors (Lipinski definition) is 1. The van der Waals surface area contributed by atoms with Gasteiger partial charge in [-0.1, -0.05) is 6.08 Å². The highest BCUT2D eigenvalue weighted by molar-refractivity contribution is 4.63. The van der Waals surface area contributed by atoms with Gasteiger partial charge in [0.1, 0.15) is 0 Å². The molecule has 0 aliphatic heterocycles. The standard InChI is InChI=1S/C18H36O6/c1-3-8-20-9-4-10-21-11-5-12-22-13-6-14-23-15-7-16-24-17-18(2)19/h3,18-19H,1,4-17H2,2H3. The quantitative estimate of drug-likeness (QED) is 0.269. The summed E-state index contributed by atoms with van der Waals surface area (Å²) in [4.78, 5) is 0. The molecule has 0 saturated carbocycles. The molecule has 0 aliphatic rings. The molecule has 0 spiro atoms. The molecule has 0 radical (unpaired) electrons. The Labute approximate surface area is 147 Å². The van der Waals surface area contributed by atoms with E-state index in [4.69, 9.17) is 28.8 Å². The second-order valence-electron chi connectivity index (χ2n) is 5.54. The average Bonchev–Trinajstić information content (AvgIpc) is 2.56. The number of hydrogen-bond acceptors (Lipinski definition) is 6. The number of aliphatic hydroxyl groups excluding tert-OH is 1. The molecule has 0 amide bonds. The third-order valence-electron chi connectivity index (χ3n) is 2.90. The maximum Gasteiger partial charge on any atom is 0.0745 e. The number of aliphatic hydroxyl groups is 1. The van der Waals surface area contributed by atoms with Crippen molar-refractivity contribution in [2.75, 3.05) is 66.1 Å². The van der Waals surface area contributed by atoms with E-state index in [1.807, 2.05) is 0 Å². The van der Waals surface area contributed by atoms with Crippen LogP contribution in [0.4, 0.5) is 0 Å². The van der Waals surface area contributed by atoms with Gasteiger partial charge in [0.05, 0.1) is 19.3 Å². The summed E-state index contributed by atoms with van der Waals surface area (Å²) in [6, 6.07) is 0. The first-order valence-electron chi connectivity index (χ1n) is 8.95. The summed E-state index contributed by atoms with van der Waals surface area (Å²) in [5, 5.41) is 9.01. The van der Waals surface area contributed by atoms with E-state index in [2.05, 4.69) is 6.58 Å². The Hall–Kier alpha value is -0.500. The largest absolute Gasteiger partial charge is 0.391 e. The monoisotopic (exact) mass is 348 g/mol. The molecule has 0 aromatic heterocycles. The normalized spacial score (nSPS) is 12.4. The van der Waals surface area contributed by atoms with Crippen LogP contribution in [0.1, 0.15) is 32.6 Å². The summed E-state index contributed by atoms with van der Waals surface area (Å²) in [5.41, 5.74) is 0. The van der Waals surface area contributed by atoms with Gasteiger partial charge in [-0.3, -0.25) is 0 Å². The fraction of sp³-hybridized carbons (Fsp3) is 0.889. The van der Waals surface area contributed by atoms with Gasteiger partial charge in [-0.2, -0.15) is 0 Å². The Balaban J connectivity index is 2.97. The van der Waals surface area contributed by atoms with Crippen LogP contribution >= 0.6 is 0 Å². The lowest BCUT2D eigenvalue weighted by molar-refractivity contribution is 0.0278. The molecule has 1 N–H and O–H groups in total. The van der Waals surface area contributed by atoms with Gasteiger partial charge in [0.25, 0.3) is 0 Å². The van der Waals surface area contributed by atoms with Gasteiger partial charge in [-0.15, -0.1) is 6.58 Å². The van der Waals surface area contributed by atoms with Crippen LogP contribution in [-0.4, -0.2) is 77.3 Å². The summed E-state index contributed by atoms with van der Waals surface area (Å²) in [6.07, 6.45) is 4.92. The topological polar surface area (TPSA) is 66.4 Å². The van der Waals surface area contributed by atoms with Crippen molar-refractivity contribution in [1.82, 2.24) is 0 Å². The van der Waals surface area contributed by atoms with Gasteiger partial charge in [-0.25, -0.2) is 0 Å². The van der Waals surface area contributed by atoms with E-state index in [0.29, 0.717) is 39.6 Å². The van der Waals surface area contributed by atoms with Gasteiger partial charge in [0.2, 0.25) is 0 Å². The highest BCUT2D eigenvalue weighted by Crippen LogP contribution is 1.93. The van der Waals surface area contributed by atoms with Crippen molar-refractivity contribution in [2.45, 2.75) is 38.7 Å². The van der Waals surface area contributed by atoms with E-state index in [-0.39, 0.29) is 0 Å². The maximum atomic E-state index is 9.01. The van der Waals surface area contributed by atoms with Crippen LogP contribution in [0.3, 0.4) is 0 Å². The van der Waals surface area contributed by atoms with Gasteiger partial charge >= 0.3 is 0 Å². The molecule has 0 aliphatic carbocycles. The van der Waals surface area contributed by atoms with E-state index >= 15 is 0 Å². The van der Waals surface area contributed by atoms with Crippen molar-refractivity contribution < 1.29 is 28.8 Å². The molecule has 0 heterocycles. The molecule has 1 atom stereocenters. The van der Waals surface area contributed by atoms with Crippen LogP contribution in [0.5, 0.6) is 0 Å². The molecule has 24 heavy (non-hydrogen) atoms. The Morgan fingerprint density at radius 2 is 1.08 bits per heavy atom. The summed E-state index contributed by atoms with van der Waals surface area (Å²) >= 11 is 0. The molecule has 6 heteroatoms. The molecule has 0 aromatic rings. The molecule has 0 bridgehead atoms. The van der Waals surface area contributed by atoms with Crippen LogP contribution in [0, 0.1) is 0 Å². The third-order valence-corrected chi connectivity index (χ3v) is 2.90. The van der Waals surface area contributed by atoms with E-state index in [9.17, 15) is 0 Å². The van der Waals surface area contributed by atoms with Crippen molar-refractivity contribution in [3.8, 4) is 0 Å².